The van der Waals surface area contributed by atoms with Crippen molar-refractivity contribution in [3.05, 3.63) is 29.3 Å². The molecule has 3 aromatic rings. The summed E-state index contributed by atoms with van der Waals surface area (Å²) in [4.78, 5) is 34.4. The van der Waals surface area contributed by atoms with Gasteiger partial charge in [-0.1, -0.05) is 11.3 Å². The van der Waals surface area contributed by atoms with Gasteiger partial charge in [-0.05, 0) is 24.6 Å². The van der Waals surface area contributed by atoms with Crippen LogP contribution in [-0.2, 0) is 16.0 Å². The number of ether oxygens (including phenoxy) is 1. The molecular formula is C18H15F3N4O3S2. The third kappa shape index (κ3) is 4.87. The van der Waals surface area contributed by atoms with E-state index >= 15 is 0 Å². The molecule has 1 aliphatic rings. The van der Waals surface area contributed by atoms with Crippen molar-refractivity contribution in [2.24, 2.45) is 0 Å². The number of carbonyl (C=O) groups is 2. The molecule has 1 aliphatic heterocycles. The minimum atomic E-state index is -4.42. The van der Waals surface area contributed by atoms with Crippen molar-refractivity contribution in [2.75, 3.05) is 23.4 Å². The van der Waals surface area contributed by atoms with Crippen LogP contribution in [0, 0.1) is 0 Å². The number of halogens is 3. The van der Waals surface area contributed by atoms with Crippen LogP contribution in [0.15, 0.2) is 23.6 Å². The maximum absolute atomic E-state index is 12.3. The Labute approximate surface area is 176 Å². The van der Waals surface area contributed by atoms with Gasteiger partial charge in [0.15, 0.2) is 16.9 Å². The summed E-state index contributed by atoms with van der Waals surface area (Å²) in [6, 6.07) is 4.39. The van der Waals surface area contributed by atoms with E-state index in [0.29, 0.717) is 39.1 Å². The molecule has 4 rings (SSSR count). The highest BCUT2D eigenvalue weighted by Gasteiger charge is 2.28. The van der Waals surface area contributed by atoms with Gasteiger partial charge in [-0.2, -0.15) is 13.2 Å². The van der Waals surface area contributed by atoms with Gasteiger partial charge in [0.05, 0.1) is 22.3 Å². The second kappa shape index (κ2) is 8.19. The van der Waals surface area contributed by atoms with Crippen LogP contribution in [0.5, 0.6) is 5.75 Å². The zero-order valence-electron chi connectivity index (χ0n) is 15.4. The smallest absolute Gasteiger partial charge is 0.422 e. The first-order valence-electron chi connectivity index (χ1n) is 8.91. The van der Waals surface area contributed by atoms with E-state index in [4.69, 9.17) is 4.74 Å². The fourth-order valence-corrected chi connectivity index (χ4v) is 4.67. The average Bonchev–Trinajstić information content (AvgIpc) is 3.38. The average molecular weight is 456 g/mol. The topological polar surface area (TPSA) is 84.4 Å². The number of aromatic nitrogens is 2. The van der Waals surface area contributed by atoms with Gasteiger partial charge in [0.2, 0.25) is 11.8 Å². The van der Waals surface area contributed by atoms with Crippen molar-refractivity contribution in [3.63, 3.8) is 0 Å². The van der Waals surface area contributed by atoms with E-state index in [2.05, 4.69) is 15.3 Å². The predicted molar refractivity (Wildman–Crippen MR) is 107 cm³/mol. The van der Waals surface area contributed by atoms with E-state index in [9.17, 15) is 22.8 Å². The second-order valence-corrected chi connectivity index (χ2v) is 8.41. The highest BCUT2D eigenvalue weighted by Crippen LogP contribution is 2.30. The lowest BCUT2D eigenvalue weighted by Gasteiger charge is -2.10. The number of anilines is 2. The monoisotopic (exact) mass is 456 g/mol. The molecule has 0 radical (unpaired) electrons. The molecule has 12 heteroatoms. The van der Waals surface area contributed by atoms with E-state index in [0.717, 1.165) is 17.8 Å². The summed E-state index contributed by atoms with van der Waals surface area (Å²) in [5, 5.41) is 5.33. The number of rotatable bonds is 6. The Morgan fingerprint density at radius 3 is 2.87 bits per heavy atom. The first-order chi connectivity index (χ1) is 14.3. The fourth-order valence-electron chi connectivity index (χ4n) is 2.89. The molecule has 2 amide bonds. The largest absolute Gasteiger partial charge is 0.484 e. The number of hydrogen-bond acceptors (Lipinski definition) is 7. The summed E-state index contributed by atoms with van der Waals surface area (Å²) in [6.07, 6.45) is -3.08. The van der Waals surface area contributed by atoms with Gasteiger partial charge < -0.3 is 10.1 Å². The quantitative estimate of drug-likeness (QED) is 0.606. The molecule has 0 aliphatic carbocycles. The van der Waals surface area contributed by atoms with Crippen LogP contribution in [0.4, 0.5) is 23.4 Å². The third-order valence-electron chi connectivity index (χ3n) is 4.19. The molecule has 0 saturated carbocycles. The molecule has 158 valence electrons. The Balaban J connectivity index is 1.38. The van der Waals surface area contributed by atoms with E-state index in [1.54, 1.807) is 10.3 Å². The van der Waals surface area contributed by atoms with Gasteiger partial charge in [-0.15, -0.1) is 11.3 Å². The molecule has 7 nitrogen and oxygen atoms in total. The minimum absolute atomic E-state index is 0.0222. The van der Waals surface area contributed by atoms with Crippen molar-refractivity contribution in [2.45, 2.75) is 25.4 Å². The van der Waals surface area contributed by atoms with E-state index < -0.39 is 12.8 Å². The normalized spacial score (nSPS) is 14.5. The third-order valence-corrected chi connectivity index (χ3v) is 6.04. The highest BCUT2D eigenvalue weighted by atomic mass is 32.1. The Bertz CT molecular complexity index is 1100. The van der Waals surface area contributed by atoms with Gasteiger partial charge in [0.25, 0.3) is 0 Å². The van der Waals surface area contributed by atoms with E-state index in [1.807, 2.05) is 0 Å². The predicted octanol–water partition coefficient (Wildman–Crippen LogP) is 4.00. The molecule has 1 aromatic carbocycles. The zero-order chi connectivity index (χ0) is 21.3. The van der Waals surface area contributed by atoms with Crippen molar-refractivity contribution in [3.8, 4) is 5.75 Å². The number of benzene rings is 1. The van der Waals surface area contributed by atoms with Crippen molar-refractivity contribution < 1.29 is 27.5 Å². The molecule has 30 heavy (non-hydrogen) atoms. The first kappa shape index (κ1) is 20.5. The van der Waals surface area contributed by atoms with E-state index in [1.165, 1.54) is 29.5 Å². The molecule has 0 bridgehead atoms. The highest BCUT2D eigenvalue weighted by molar-refractivity contribution is 7.22. The molecule has 3 heterocycles. The molecule has 0 unspecified atom stereocenters. The number of carbonyl (C=O) groups excluding carboxylic acids is 2. The van der Waals surface area contributed by atoms with Gasteiger partial charge in [-0.3, -0.25) is 14.5 Å². The SMILES string of the molecule is O=C(Cc1csc(N2CCCC2=O)n1)Nc1nc2ccc(OCC(F)(F)F)cc2s1. The van der Waals surface area contributed by atoms with Crippen molar-refractivity contribution in [1.29, 1.82) is 0 Å². The standard InChI is InChI=1S/C18H15F3N4O3S2/c19-18(20,21)9-28-11-3-4-12-13(7-11)30-16(23-12)24-14(26)6-10-8-29-17(22-10)25-5-1-2-15(25)27/h3-4,7-8H,1-2,5-6,9H2,(H,23,24,26). The maximum Gasteiger partial charge on any atom is 0.422 e. The van der Waals surface area contributed by atoms with Crippen LogP contribution in [-0.4, -0.2) is 41.1 Å². The Kier molecular flexibility index (Phi) is 5.60. The maximum atomic E-state index is 12.3. The lowest BCUT2D eigenvalue weighted by atomic mass is 10.3. The van der Waals surface area contributed by atoms with Crippen LogP contribution >= 0.6 is 22.7 Å². The van der Waals surface area contributed by atoms with Gasteiger partial charge in [0.1, 0.15) is 5.75 Å². The number of thiazole rings is 2. The summed E-state index contributed by atoms with van der Waals surface area (Å²) >= 11 is 2.45. The summed E-state index contributed by atoms with van der Waals surface area (Å²) in [5.74, 6) is -0.214. The van der Waals surface area contributed by atoms with Crippen LogP contribution in [0.2, 0.25) is 0 Å². The van der Waals surface area contributed by atoms with Gasteiger partial charge >= 0.3 is 6.18 Å². The van der Waals surface area contributed by atoms with Crippen LogP contribution in [0.25, 0.3) is 10.2 Å². The lowest BCUT2D eigenvalue weighted by molar-refractivity contribution is -0.153. The summed E-state index contributed by atoms with van der Waals surface area (Å²) < 4.78 is 42.2. The number of fused-ring (bicyclic) bond motifs is 1. The Hall–Kier alpha value is -2.73. The molecule has 0 spiro atoms. The van der Waals surface area contributed by atoms with Gasteiger partial charge in [-0.25, -0.2) is 9.97 Å². The lowest BCUT2D eigenvalue weighted by Crippen LogP contribution is -2.23. The molecule has 1 saturated heterocycles. The van der Waals surface area contributed by atoms with Crippen LogP contribution in [0.1, 0.15) is 18.5 Å². The van der Waals surface area contributed by atoms with Crippen LogP contribution in [0.3, 0.4) is 0 Å². The number of amides is 2. The van der Waals surface area contributed by atoms with Crippen molar-refractivity contribution in [1.82, 2.24) is 9.97 Å². The zero-order valence-corrected chi connectivity index (χ0v) is 17.0. The number of nitrogens with one attached hydrogen (secondary N) is 1. The second-order valence-electron chi connectivity index (χ2n) is 6.55. The first-order valence-corrected chi connectivity index (χ1v) is 10.6. The minimum Gasteiger partial charge on any atom is -0.484 e. The molecule has 1 fully saturated rings. The molecule has 0 atom stereocenters. The number of hydrogen-bond donors (Lipinski definition) is 1. The van der Waals surface area contributed by atoms with Crippen LogP contribution < -0.4 is 15.0 Å². The molecule has 1 N–H and O–H groups in total. The molecular weight excluding hydrogens is 441 g/mol. The summed E-state index contributed by atoms with van der Waals surface area (Å²) in [6.45, 7) is -0.738. The number of nitrogens with zero attached hydrogens (tertiary/aromatic N) is 3. The Morgan fingerprint density at radius 2 is 2.13 bits per heavy atom. The summed E-state index contributed by atoms with van der Waals surface area (Å²) in [7, 11) is 0. The molecule has 2 aromatic heterocycles. The summed E-state index contributed by atoms with van der Waals surface area (Å²) in [5.41, 5.74) is 1.09. The van der Waals surface area contributed by atoms with Gasteiger partial charge in [0, 0.05) is 18.3 Å². The number of alkyl halides is 3. The van der Waals surface area contributed by atoms with Crippen molar-refractivity contribution >= 4 is 55.0 Å². The fraction of sp³-hybridized carbons (Fsp3) is 0.333. The Morgan fingerprint density at radius 1 is 1.30 bits per heavy atom. The van der Waals surface area contributed by atoms with E-state index in [-0.39, 0.29) is 24.0 Å².